The number of para-hydroxylation sites is 1. The largest absolute Gasteiger partial charge is 0.496 e. The molecule has 1 aliphatic rings. The minimum absolute atomic E-state index is 0.0289. The fraction of sp³-hybridized carbons (Fsp3) is 0.462. The van der Waals surface area contributed by atoms with Crippen LogP contribution in [-0.2, 0) is 10.2 Å². The van der Waals surface area contributed by atoms with Crippen LogP contribution in [0.4, 0.5) is 0 Å². The van der Waals surface area contributed by atoms with Gasteiger partial charge in [0.05, 0.1) is 7.11 Å². The van der Waals surface area contributed by atoms with E-state index in [0.29, 0.717) is 12.1 Å². The van der Waals surface area contributed by atoms with Gasteiger partial charge in [-0.2, -0.15) is 0 Å². The Morgan fingerprint density at radius 3 is 2.32 bits per heavy atom. The van der Waals surface area contributed by atoms with E-state index in [1.165, 1.54) is 0 Å². The molecule has 31 heavy (non-hydrogen) atoms. The molecule has 2 aromatic carbocycles. The Bertz CT molecular complexity index is 916. The number of ether oxygens (including phenoxy) is 1. The van der Waals surface area contributed by atoms with Crippen molar-refractivity contribution in [1.82, 2.24) is 10.6 Å². The van der Waals surface area contributed by atoms with E-state index in [1.54, 1.807) is 13.2 Å². The van der Waals surface area contributed by atoms with Crippen LogP contribution in [0, 0.1) is 12.8 Å². The molecule has 0 bridgehead atoms. The van der Waals surface area contributed by atoms with E-state index in [-0.39, 0.29) is 23.1 Å². The van der Waals surface area contributed by atoms with Crippen molar-refractivity contribution >= 4 is 11.8 Å². The van der Waals surface area contributed by atoms with Crippen LogP contribution in [0.1, 0.15) is 61.0 Å². The van der Waals surface area contributed by atoms with Crippen LogP contribution in [0.15, 0.2) is 48.5 Å². The Hall–Kier alpha value is -2.82. The van der Waals surface area contributed by atoms with Gasteiger partial charge in [0.25, 0.3) is 5.91 Å². The van der Waals surface area contributed by atoms with Crippen molar-refractivity contribution in [3.05, 3.63) is 65.2 Å². The number of nitrogens with one attached hydrogen (secondary N) is 2. The van der Waals surface area contributed by atoms with Crippen molar-refractivity contribution < 1.29 is 14.3 Å². The third kappa shape index (κ3) is 5.09. The summed E-state index contributed by atoms with van der Waals surface area (Å²) >= 11 is 0. The summed E-state index contributed by atoms with van der Waals surface area (Å²) in [6.07, 6.45) is 4.28. The van der Waals surface area contributed by atoms with Gasteiger partial charge in [-0.15, -0.1) is 0 Å². The van der Waals surface area contributed by atoms with E-state index in [1.807, 2.05) is 57.2 Å². The van der Waals surface area contributed by atoms with Crippen LogP contribution in [0.25, 0.3) is 0 Å². The maximum Gasteiger partial charge on any atom is 0.252 e. The van der Waals surface area contributed by atoms with Crippen LogP contribution >= 0.6 is 0 Å². The lowest BCUT2D eigenvalue weighted by atomic mass is 9.78. The Labute approximate surface area is 185 Å². The van der Waals surface area contributed by atoms with Crippen LogP contribution < -0.4 is 15.4 Å². The average molecular weight is 423 g/mol. The molecule has 2 aromatic rings. The molecule has 5 nitrogen and oxygen atoms in total. The minimum Gasteiger partial charge on any atom is -0.496 e. The number of methoxy groups -OCH3 is 1. The fourth-order valence-electron chi connectivity index (χ4n) is 4.62. The summed E-state index contributed by atoms with van der Waals surface area (Å²) < 4.78 is 5.62. The first-order valence-electron chi connectivity index (χ1n) is 11.2. The van der Waals surface area contributed by atoms with Gasteiger partial charge in [0, 0.05) is 23.1 Å². The quantitative estimate of drug-likeness (QED) is 0.663. The van der Waals surface area contributed by atoms with E-state index in [9.17, 15) is 9.59 Å². The first kappa shape index (κ1) is 22.9. The first-order chi connectivity index (χ1) is 14.9. The van der Waals surface area contributed by atoms with Crippen molar-refractivity contribution in [3.63, 3.8) is 0 Å². The Kier molecular flexibility index (Phi) is 7.37. The second-order valence-corrected chi connectivity index (χ2v) is 8.92. The van der Waals surface area contributed by atoms with Crippen LogP contribution in [0.5, 0.6) is 5.75 Å². The summed E-state index contributed by atoms with van der Waals surface area (Å²) in [6, 6.07) is 14.9. The second kappa shape index (κ2) is 9.99. The Morgan fingerprint density at radius 2 is 1.68 bits per heavy atom. The summed E-state index contributed by atoms with van der Waals surface area (Å²) in [5.74, 6) is 0.482. The van der Waals surface area contributed by atoms with Crippen molar-refractivity contribution in [2.75, 3.05) is 13.7 Å². The highest BCUT2D eigenvalue weighted by Crippen LogP contribution is 2.44. The maximum atomic E-state index is 13.2. The molecule has 1 saturated carbocycles. The topological polar surface area (TPSA) is 67.4 Å². The van der Waals surface area contributed by atoms with Gasteiger partial charge in [-0.1, -0.05) is 63.1 Å². The molecule has 166 valence electrons. The molecule has 1 fully saturated rings. The van der Waals surface area contributed by atoms with E-state index >= 15 is 0 Å². The highest BCUT2D eigenvalue weighted by molar-refractivity contribution is 5.98. The lowest BCUT2D eigenvalue weighted by molar-refractivity contribution is -0.124. The van der Waals surface area contributed by atoms with Crippen molar-refractivity contribution in [1.29, 1.82) is 0 Å². The van der Waals surface area contributed by atoms with Gasteiger partial charge in [-0.25, -0.2) is 0 Å². The van der Waals surface area contributed by atoms with Gasteiger partial charge < -0.3 is 15.4 Å². The first-order valence-corrected chi connectivity index (χ1v) is 11.2. The average Bonchev–Trinajstić information content (AvgIpc) is 3.25. The van der Waals surface area contributed by atoms with E-state index < -0.39 is 6.04 Å². The summed E-state index contributed by atoms with van der Waals surface area (Å²) in [6.45, 7) is 6.34. The molecule has 3 rings (SSSR count). The molecule has 2 N–H and O–H groups in total. The van der Waals surface area contributed by atoms with Gasteiger partial charge in [-0.3, -0.25) is 9.59 Å². The van der Waals surface area contributed by atoms with E-state index in [2.05, 4.69) is 16.7 Å². The van der Waals surface area contributed by atoms with E-state index in [0.717, 1.165) is 42.6 Å². The number of benzene rings is 2. The highest BCUT2D eigenvalue weighted by Gasteiger charge is 2.38. The minimum atomic E-state index is -0.594. The monoisotopic (exact) mass is 422 g/mol. The molecular formula is C26H34N2O3. The number of carbonyl (C=O) groups excluding carboxylic acids is 2. The molecule has 1 unspecified atom stereocenters. The van der Waals surface area contributed by atoms with Crippen molar-refractivity contribution in [2.24, 2.45) is 5.92 Å². The normalized spacial score (nSPS) is 16.0. The molecule has 0 aromatic heterocycles. The predicted octanol–water partition coefficient (Wildman–Crippen LogP) is 4.39. The van der Waals surface area contributed by atoms with Crippen molar-refractivity contribution in [3.8, 4) is 5.75 Å². The zero-order chi connectivity index (χ0) is 22.4. The third-order valence-corrected chi connectivity index (χ3v) is 6.47. The van der Waals surface area contributed by atoms with Crippen molar-refractivity contribution in [2.45, 2.75) is 57.9 Å². The number of hydrogen-bond donors (Lipinski definition) is 2. The number of amides is 2. The molecule has 2 amide bonds. The maximum absolute atomic E-state index is 13.2. The molecule has 0 aliphatic heterocycles. The fourth-order valence-corrected chi connectivity index (χ4v) is 4.62. The standard InChI is InChI=1S/C26H34N2O3/c1-18(2)23(28-24(29)20-12-6-5-11-19(20)3)25(30)27-17-26(15-9-10-16-26)21-13-7-8-14-22(21)31-4/h5-8,11-14,18,23H,9-10,15-17H2,1-4H3,(H,27,30)(H,28,29). The van der Waals surface area contributed by atoms with Gasteiger partial charge in [-0.05, 0) is 43.4 Å². The molecule has 1 atom stereocenters. The molecule has 0 heterocycles. The summed E-state index contributed by atoms with van der Waals surface area (Å²) in [7, 11) is 1.69. The Morgan fingerprint density at radius 1 is 1.03 bits per heavy atom. The second-order valence-electron chi connectivity index (χ2n) is 8.92. The zero-order valence-corrected chi connectivity index (χ0v) is 19.0. The number of rotatable bonds is 8. The smallest absolute Gasteiger partial charge is 0.252 e. The lowest BCUT2D eigenvalue weighted by Gasteiger charge is -2.32. The number of carbonyl (C=O) groups is 2. The van der Waals surface area contributed by atoms with Crippen LogP contribution in [0.2, 0.25) is 0 Å². The lowest BCUT2D eigenvalue weighted by Crippen LogP contribution is -2.52. The Balaban J connectivity index is 1.74. The predicted molar refractivity (Wildman–Crippen MR) is 123 cm³/mol. The number of aryl methyl sites for hydroxylation is 1. The number of hydrogen-bond acceptors (Lipinski definition) is 3. The molecule has 0 saturated heterocycles. The molecule has 0 radical (unpaired) electrons. The van der Waals surface area contributed by atoms with Gasteiger partial charge >= 0.3 is 0 Å². The van der Waals surface area contributed by atoms with E-state index in [4.69, 9.17) is 4.74 Å². The molecular weight excluding hydrogens is 388 g/mol. The summed E-state index contributed by atoms with van der Waals surface area (Å²) in [5, 5.41) is 6.11. The van der Waals surface area contributed by atoms with Gasteiger partial charge in [0.1, 0.15) is 11.8 Å². The molecule has 5 heteroatoms. The zero-order valence-electron chi connectivity index (χ0n) is 19.0. The third-order valence-electron chi connectivity index (χ3n) is 6.47. The SMILES string of the molecule is COc1ccccc1C1(CNC(=O)C(NC(=O)c2ccccc2C)C(C)C)CCCC1. The molecule has 1 aliphatic carbocycles. The van der Waals surface area contributed by atoms with Gasteiger partial charge in [0.2, 0.25) is 5.91 Å². The van der Waals surface area contributed by atoms with Gasteiger partial charge in [0.15, 0.2) is 0 Å². The van der Waals surface area contributed by atoms with Crippen LogP contribution in [-0.4, -0.2) is 31.5 Å². The molecule has 0 spiro atoms. The highest BCUT2D eigenvalue weighted by atomic mass is 16.5. The van der Waals surface area contributed by atoms with Crippen LogP contribution in [0.3, 0.4) is 0 Å². The summed E-state index contributed by atoms with van der Waals surface area (Å²) in [4.78, 5) is 26.0. The summed E-state index contributed by atoms with van der Waals surface area (Å²) in [5.41, 5.74) is 2.51.